The lowest BCUT2D eigenvalue weighted by Crippen LogP contribution is -2.34. The van der Waals surface area contributed by atoms with Gasteiger partial charge in [-0.2, -0.15) is 4.80 Å². The summed E-state index contributed by atoms with van der Waals surface area (Å²) >= 11 is 7.15. The Morgan fingerprint density at radius 3 is 2.63 bits per heavy atom. The molecule has 2 rings (SSSR count). The first kappa shape index (κ1) is 13.8. The summed E-state index contributed by atoms with van der Waals surface area (Å²) in [5, 5.41) is 16.5. The van der Waals surface area contributed by atoms with Gasteiger partial charge in [0, 0.05) is 9.13 Å². The first-order valence-electron chi connectivity index (χ1n) is 5.16. The lowest BCUT2D eigenvalue weighted by molar-refractivity contribution is 0.0977. The number of tetrazole rings is 1. The van der Waals surface area contributed by atoms with E-state index in [2.05, 4.69) is 48.6 Å². The molecule has 9 heteroatoms. The predicted octanol–water partition coefficient (Wildman–Crippen LogP) is 0.941. The van der Waals surface area contributed by atoms with Gasteiger partial charge in [0.2, 0.25) is 0 Å². The minimum atomic E-state index is -0.294. The maximum Gasteiger partial charge on any atom is 0.269 e. The first-order chi connectivity index (χ1) is 9.04. The van der Waals surface area contributed by atoms with Crippen LogP contribution in [0.4, 0.5) is 5.95 Å². The third-order valence-electron chi connectivity index (χ3n) is 2.07. The normalized spacial score (nSPS) is 10.0. The van der Waals surface area contributed by atoms with Gasteiger partial charge in [-0.05, 0) is 64.3 Å². The Bertz CT molecular complexity index is 611. The average Bonchev–Trinajstić information content (AvgIpc) is 2.75. The molecule has 19 heavy (non-hydrogen) atoms. The number of nitrogens with zero attached hydrogens (tertiary/aromatic N) is 4. The number of halogens is 1. The molecule has 0 saturated carbocycles. The van der Waals surface area contributed by atoms with Crippen LogP contribution >= 0.6 is 34.8 Å². The molecule has 0 aliphatic rings. The van der Waals surface area contributed by atoms with Gasteiger partial charge in [0.25, 0.3) is 11.9 Å². The van der Waals surface area contributed by atoms with E-state index in [1.54, 1.807) is 19.2 Å². The molecule has 0 spiro atoms. The molecule has 98 valence electrons. The van der Waals surface area contributed by atoms with E-state index in [0.29, 0.717) is 5.56 Å². The largest absolute Gasteiger partial charge is 0.299 e. The van der Waals surface area contributed by atoms with Crippen molar-refractivity contribution in [3.05, 3.63) is 33.4 Å². The lowest BCUT2D eigenvalue weighted by Gasteiger charge is -2.06. The van der Waals surface area contributed by atoms with E-state index >= 15 is 0 Å². The molecule has 2 N–H and O–H groups in total. The van der Waals surface area contributed by atoms with E-state index < -0.39 is 0 Å². The van der Waals surface area contributed by atoms with Crippen molar-refractivity contribution in [2.24, 2.45) is 7.05 Å². The molecule has 0 aliphatic carbocycles. The topological polar surface area (TPSA) is 84.7 Å². The van der Waals surface area contributed by atoms with E-state index in [-0.39, 0.29) is 17.0 Å². The third kappa shape index (κ3) is 3.92. The summed E-state index contributed by atoms with van der Waals surface area (Å²) in [6.07, 6.45) is 0. The monoisotopic (exact) mass is 388 g/mol. The highest BCUT2D eigenvalue weighted by atomic mass is 127. The highest BCUT2D eigenvalue weighted by molar-refractivity contribution is 14.1. The lowest BCUT2D eigenvalue weighted by atomic mass is 10.2. The number of aryl methyl sites for hydroxylation is 1. The number of hydrogen-bond donors (Lipinski definition) is 2. The van der Waals surface area contributed by atoms with E-state index in [9.17, 15) is 4.79 Å². The van der Waals surface area contributed by atoms with Gasteiger partial charge in [0.15, 0.2) is 5.11 Å². The number of benzene rings is 1. The van der Waals surface area contributed by atoms with Crippen LogP contribution < -0.4 is 10.6 Å². The predicted molar refractivity (Wildman–Crippen MR) is 81.6 cm³/mol. The second-order valence-electron chi connectivity index (χ2n) is 3.52. The van der Waals surface area contributed by atoms with E-state index in [0.717, 1.165) is 3.57 Å². The molecule has 1 amide bonds. The van der Waals surface area contributed by atoms with Gasteiger partial charge < -0.3 is 0 Å². The number of rotatable bonds is 2. The van der Waals surface area contributed by atoms with E-state index in [4.69, 9.17) is 12.2 Å². The zero-order chi connectivity index (χ0) is 13.8. The zero-order valence-electron chi connectivity index (χ0n) is 9.79. The van der Waals surface area contributed by atoms with Crippen LogP contribution in [0.2, 0.25) is 0 Å². The first-order valence-corrected chi connectivity index (χ1v) is 6.65. The fourth-order valence-corrected chi connectivity index (χ4v) is 1.79. The Morgan fingerprint density at radius 2 is 2.05 bits per heavy atom. The summed E-state index contributed by atoms with van der Waals surface area (Å²) in [6, 6.07) is 7.13. The van der Waals surface area contributed by atoms with Gasteiger partial charge in [0.05, 0.1) is 7.05 Å². The number of anilines is 1. The van der Waals surface area contributed by atoms with Gasteiger partial charge in [-0.1, -0.05) is 5.10 Å². The van der Waals surface area contributed by atoms with Gasteiger partial charge in [-0.25, -0.2) is 0 Å². The summed E-state index contributed by atoms with van der Waals surface area (Å²) in [6.45, 7) is 0. The maximum absolute atomic E-state index is 11.9. The molecule has 1 aromatic carbocycles. The van der Waals surface area contributed by atoms with Crippen LogP contribution in [0.3, 0.4) is 0 Å². The molecule has 2 aromatic rings. The number of amides is 1. The fourth-order valence-electron chi connectivity index (χ4n) is 1.24. The smallest absolute Gasteiger partial charge is 0.269 e. The number of carbonyl (C=O) groups excluding carboxylic acids is 1. The van der Waals surface area contributed by atoms with Crippen LogP contribution in [0, 0.1) is 3.57 Å². The minimum absolute atomic E-state index is 0.122. The zero-order valence-corrected chi connectivity index (χ0v) is 12.8. The standard InChI is InChI=1S/C10H9IN6OS/c1-17-15-9(14-16-17)13-10(19)12-8(18)6-2-4-7(11)5-3-6/h2-5H,1H3,(H2,12,13,15,18,19). The van der Waals surface area contributed by atoms with Crippen LogP contribution in [-0.2, 0) is 7.05 Å². The van der Waals surface area contributed by atoms with Crippen LogP contribution in [0.15, 0.2) is 24.3 Å². The van der Waals surface area contributed by atoms with Crippen molar-refractivity contribution in [3.8, 4) is 0 Å². The number of carbonyl (C=O) groups is 1. The van der Waals surface area contributed by atoms with Crippen molar-refractivity contribution >= 4 is 51.8 Å². The maximum atomic E-state index is 11.9. The van der Waals surface area contributed by atoms with Crippen molar-refractivity contribution in [1.82, 2.24) is 25.5 Å². The quantitative estimate of drug-likeness (QED) is 0.589. The van der Waals surface area contributed by atoms with E-state index in [1.807, 2.05) is 12.1 Å². The Balaban J connectivity index is 1.95. The number of nitrogens with one attached hydrogen (secondary N) is 2. The molecule has 0 unspecified atom stereocenters. The average molecular weight is 388 g/mol. The Morgan fingerprint density at radius 1 is 1.37 bits per heavy atom. The fraction of sp³-hybridized carbons (Fsp3) is 0.100. The summed E-state index contributed by atoms with van der Waals surface area (Å²) in [5.74, 6) is -0.0619. The van der Waals surface area contributed by atoms with Crippen LogP contribution in [0.25, 0.3) is 0 Å². The summed E-state index contributed by atoms with van der Waals surface area (Å²) < 4.78 is 1.05. The number of thiocarbonyl (C=S) groups is 1. The second-order valence-corrected chi connectivity index (χ2v) is 5.17. The van der Waals surface area contributed by atoms with Gasteiger partial charge >= 0.3 is 0 Å². The summed E-state index contributed by atoms with van der Waals surface area (Å²) in [4.78, 5) is 13.1. The Hall–Kier alpha value is -1.62. The Labute approximate surface area is 127 Å². The van der Waals surface area contributed by atoms with Gasteiger partial charge in [-0.3, -0.25) is 15.4 Å². The van der Waals surface area contributed by atoms with Gasteiger partial charge in [0.1, 0.15) is 0 Å². The molecular formula is C10H9IN6OS. The van der Waals surface area contributed by atoms with Crippen molar-refractivity contribution in [1.29, 1.82) is 0 Å². The molecule has 0 aliphatic heterocycles. The highest BCUT2D eigenvalue weighted by Crippen LogP contribution is 2.06. The van der Waals surface area contributed by atoms with Crippen LogP contribution in [-0.4, -0.2) is 31.2 Å². The second kappa shape index (κ2) is 6.02. The molecule has 0 radical (unpaired) electrons. The van der Waals surface area contributed by atoms with Crippen LogP contribution in [0.5, 0.6) is 0 Å². The molecule has 0 saturated heterocycles. The molecular weight excluding hydrogens is 379 g/mol. The van der Waals surface area contributed by atoms with Crippen LogP contribution in [0.1, 0.15) is 10.4 Å². The minimum Gasteiger partial charge on any atom is -0.299 e. The number of hydrogen-bond acceptors (Lipinski definition) is 5. The SMILES string of the molecule is Cn1nnc(NC(=S)NC(=O)c2ccc(I)cc2)n1. The van der Waals surface area contributed by atoms with Gasteiger partial charge in [-0.15, -0.1) is 5.10 Å². The number of aromatic nitrogens is 4. The molecule has 0 atom stereocenters. The third-order valence-corrected chi connectivity index (χ3v) is 2.99. The molecule has 7 nitrogen and oxygen atoms in total. The molecule has 0 fully saturated rings. The van der Waals surface area contributed by atoms with Crippen molar-refractivity contribution in [2.75, 3.05) is 5.32 Å². The van der Waals surface area contributed by atoms with E-state index in [1.165, 1.54) is 4.80 Å². The Kier molecular flexibility index (Phi) is 4.37. The molecule has 0 bridgehead atoms. The van der Waals surface area contributed by atoms with Crippen molar-refractivity contribution in [3.63, 3.8) is 0 Å². The highest BCUT2D eigenvalue weighted by Gasteiger charge is 2.09. The molecule has 1 aromatic heterocycles. The molecule has 1 heterocycles. The van der Waals surface area contributed by atoms with Crippen molar-refractivity contribution in [2.45, 2.75) is 0 Å². The summed E-state index contributed by atoms with van der Waals surface area (Å²) in [7, 11) is 1.63. The van der Waals surface area contributed by atoms with Crippen molar-refractivity contribution < 1.29 is 4.79 Å². The summed E-state index contributed by atoms with van der Waals surface area (Å²) in [5.41, 5.74) is 0.525.